The SMILES string of the molecule is O=[Te](=O)(O)Oc1ccccc1. The van der Waals surface area contributed by atoms with Gasteiger partial charge in [0.05, 0.1) is 0 Å². The van der Waals surface area contributed by atoms with E-state index in [1.165, 1.54) is 12.1 Å². The van der Waals surface area contributed by atoms with Crippen molar-refractivity contribution >= 4 is 19.0 Å². The molecule has 11 heavy (non-hydrogen) atoms. The van der Waals surface area contributed by atoms with E-state index in [0.29, 0.717) is 0 Å². The van der Waals surface area contributed by atoms with E-state index in [4.69, 9.17) is 3.47 Å². The molecule has 5 heteroatoms. The molecule has 0 aliphatic carbocycles. The number of hydrogen-bond donors (Lipinski definition) is 1. The Morgan fingerprint density at radius 3 is 2.18 bits per heavy atom. The standard InChI is InChI=1S/C6H6O4Te/c7-11(8,9)10-6-4-2-1-3-5-6/h1-5H,(H,7,8,9). The molecule has 0 heterocycles. The molecule has 0 unspecified atom stereocenters. The summed E-state index contributed by atoms with van der Waals surface area (Å²) in [6, 6.07) is 7.85. The fourth-order valence-corrected chi connectivity index (χ4v) is 1.61. The molecule has 0 amide bonds. The maximum atomic E-state index is 10.2. The van der Waals surface area contributed by atoms with E-state index in [-0.39, 0.29) is 5.75 Å². The molecule has 1 N–H and O–H groups in total. The van der Waals surface area contributed by atoms with Crippen molar-refractivity contribution in [2.24, 2.45) is 0 Å². The summed E-state index contributed by atoms with van der Waals surface area (Å²) in [5, 5.41) is 0. The van der Waals surface area contributed by atoms with Crippen molar-refractivity contribution in [1.82, 2.24) is 0 Å². The van der Waals surface area contributed by atoms with E-state index in [2.05, 4.69) is 3.10 Å². The van der Waals surface area contributed by atoms with Gasteiger partial charge < -0.3 is 0 Å². The van der Waals surface area contributed by atoms with Gasteiger partial charge in [0.15, 0.2) is 0 Å². The van der Waals surface area contributed by atoms with Crippen LogP contribution >= 0.6 is 0 Å². The zero-order valence-corrected chi connectivity index (χ0v) is 7.80. The second-order valence-corrected chi connectivity index (χ2v) is 4.74. The second kappa shape index (κ2) is 3.18. The van der Waals surface area contributed by atoms with Crippen LogP contribution in [0.15, 0.2) is 30.3 Å². The van der Waals surface area contributed by atoms with Crippen LogP contribution < -0.4 is 3.10 Å². The Labute approximate surface area is 68.1 Å². The van der Waals surface area contributed by atoms with E-state index >= 15 is 0 Å². The molecule has 60 valence electrons. The summed E-state index contributed by atoms with van der Waals surface area (Å²) in [4.78, 5) is 0. The molecule has 0 radical (unpaired) electrons. The zero-order valence-electron chi connectivity index (χ0n) is 5.47. The molecule has 0 saturated heterocycles. The molecule has 0 fully saturated rings. The number of hydrogen-bond acceptors (Lipinski definition) is 3. The molecule has 0 spiro atoms. The van der Waals surface area contributed by atoms with Crippen molar-refractivity contribution in [1.29, 1.82) is 0 Å². The van der Waals surface area contributed by atoms with E-state index in [1.807, 2.05) is 0 Å². The van der Waals surface area contributed by atoms with Crippen LogP contribution in [0.2, 0.25) is 0 Å². The van der Waals surface area contributed by atoms with Gasteiger partial charge in [0.1, 0.15) is 0 Å². The molecule has 4 nitrogen and oxygen atoms in total. The average Bonchev–Trinajstić information content (AvgIpc) is 1.85. The minimum atomic E-state index is -5.38. The quantitative estimate of drug-likeness (QED) is 0.787. The van der Waals surface area contributed by atoms with Gasteiger partial charge in [-0.25, -0.2) is 0 Å². The predicted molar refractivity (Wildman–Crippen MR) is 36.4 cm³/mol. The Kier molecular flexibility index (Phi) is 2.45. The van der Waals surface area contributed by atoms with Crippen molar-refractivity contribution in [2.45, 2.75) is 0 Å². The van der Waals surface area contributed by atoms with Crippen LogP contribution in [0.4, 0.5) is 0 Å². The molecule has 1 aromatic rings. The summed E-state index contributed by atoms with van der Waals surface area (Å²) >= 11 is -5.38. The molecule has 0 bridgehead atoms. The van der Waals surface area contributed by atoms with Gasteiger partial charge in [0.25, 0.3) is 0 Å². The first-order chi connectivity index (χ1) is 5.08. The summed E-state index contributed by atoms with van der Waals surface area (Å²) in [7, 11) is 0. The van der Waals surface area contributed by atoms with Gasteiger partial charge in [-0.3, -0.25) is 0 Å². The van der Waals surface area contributed by atoms with E-state index in [9.17, 15) is 6.21 Å². The Hall–Kier alpha value is -0.630. The van der Waals surface area contributed by atoms with Gasteiger partial charge in [0, 0.05) is 0 Å². The minimum absolute atomic E-state index is 0.140. The van der Waals surface area contributed by atoms with Crippen molar-refractivity contribution in [2.75, 3.05) is 0 Å². The maximum absolute atomic E-state index is 10.2. The third kappa shape index (κ3) is 3.33. The third-order valence-corrected chi connectivity index (χ3v) is 2.10. The van der Waals surface area contributed by atoms with Gasteiger partial charge in [-0.15, -0.1) is 0 Å². The summed E-state index contributed by atoms with van der Waals surface area (Å²) in [5.41, 5.74) is 0. The van der Waals surface area contributed by atoms with Crippen molar-refractivity contribution in [3.8, 4) is 5.75 Å². The van der Waals surface area contributed by atoms with Crippen molar-refractivity contribution < 1.29 is 12.8 Å². The molecule has 0 aliphatic heterocycles. The molecule has 1 rings (SSSR count). The molecule has 0 aromatic heterocycles. The Balaban J connectivity index is 2.82. The fraction of sp³-hybridized carbons (Fsp3) is 0. The summed E-state index contributed by atoms with van der Waals surface area (Å²) in [6.45, 7) is 0. The Morgan fingerprint density at radius 2 is 1.73 bits per heavy atom. The molecular weight excluding hydrogens is 264 g/mol. The number of rotatable bonds is 2. The first-order valence-corrected chi connectivity index (χ1v) is 6.69. The van der Waals surface area contributed by atoms with Gasteiger partial charge >= 0.3 is 67.8 Å². The van der Waals surface area contributed by atoms with Crippen LogP contribution in [0.3, 0.4) is 0 Å². The van der Waals surface area contributed by atoms with Crippen molar-refractivity contribution in [3.05, 3.63) is 30.3 Å². The molecule has 0 aliphatic rings. The number of para-hydroxylation sites is 1. The summed E-state index contributed by atoms with van der Waals surface area (Å²) < 4.78 is 33.0. The van der Waals surface area contributed by atoms with Crippen LogP contribution in [-0.4, -0.2) is 22.4 Å². The molecule has 1 aromatic carbocycles. The monoisotopic (exact) mass is 272 g/mol. The van der Waals surface area contributed by atoms with E-state index in [1.54, 1.807) is 18.2 Å². The normalized spacial score (nSPS) is 11.0. The van der Waals surface area contributed by atoms with Crippen LogP contribution in [-0.2, 0) is 6.21 Å². The Morgan fingerprint density at radius 1 is 1.18 bits per heavy atom. The van der Waals surface area contributed by atoms with Gasteiger partial charge in [0.2, 0.25) is 0 Å². The Bertz CT molecular complexity index is 316. The molecule has 0 saturated carbocycles. The van der Waals surface area contributed by atoms with E-state index in [0.717, 1.165) is 0 Å². The van der Waals surface area contributed by atoms with Crippen LogP contribution in [0, 0.1) is 0 Å². The first kappa shape index (κ1) is 8.47. The summed E-state index contributed by atoms with van der Waals surface area (Å²) in [5.74, 6) is 0.140. The van der Waals surface area contributed by atoms with Gasteiger partial charge in [-0.1, -0.05) is 0 Å². The average molecular weight is 270 g/mol. The third-order valence-electron chi connectivity index (χ3n) is 0.945. The topological polar surface area (TPSA) is 63.6 Å². The van der Waals surface area contributed by atoms with Gasteiger partial charge in [-0.05, 0) is 0 Å². The van der Waals surface area contributed by atoms with E-state index < -0.39 is 19.0 Å². The zero-order chi connectivity index (χ0) is 8.32. The fourth-order valence-electron chi connectivity index (χ4n) is 0.598. The number of benzene rings is 1. The molecular formula is C6H6O4Te. The van der Waals surface area contributed by atoms with Crippen LogP contribution in [0.1, 0.15) is 0 Å². The van der Waals surface area contributed by atoms with Crippen LogP contribution in [0.25, 0.3) is 0 Å². The predicted octanol–water partition coefficient (Wildman–Crippen LogP) is 0.354. The van der Waals surface area contributed by atoms with Gasteiger partial charge in [-0.2, -0.15) is 0 Å². The second-order valence-electron chi connectivity index (χ2n) is 1.82. The first-order valence-electron chi connectivity index (χ1n) is 2.80. The van der Waals surface area contributed by atoms with Crippen molar-refractivity contribution in [3.63, 3.8) is 0 Å². The van der Waals surface area contributed by atoms with Crippen LogP contribution in [0.5, 0.6) is 5.75 Å². The summed E-state index contributed by atoms with van der Waals surface area (Å²) in [6.07, 6.45) is 0. The molecule has 0 atom stereocenters.